The fourth-order valence-corrected chi connectivity index (χ4v) is 1.02. The Balaban J connectivity index is 2.56. The van der Waals surface area contributed by atoms with Crippen molar-refractivity contribution in [2.75, 3.05) is 6.61 Å². The number of rotatable bonds is 3. The first-order valence-corrected chi connectivity index (χ1v) is 4.65. The van der Waals surface area contributed by atoms with Crippen LogP contribution in [0.5, 0.6) is 0 Å². The van der Waals surface area contributed by atoms with Gasteiger partial charge in [0.1, 0.15) is 6.61 Å². The maximum Gasteiger partial charge on any atom is 0.338 e. The summed E-state index contributed by atoms with van der Waals surface area (Å²) in [5.74, 6) is -0.334. The third-order valence-electron chi connectivity index (χ3n) is 1.63. The van der Waals surface area contributed by atoms with Crippen LogP contribution in [0, 0.1) is 0 Å². The van der Waals surface area contributed by atoms with Gasteiger partial charge in [-0.05, 0) is 31.2 Å². The molecule has 0 N–H and O–H groups in total. The van der Waals surface area contributed by atoms with Gasteiger partial charge in [-0.2, -0.15) is 0 Å². The number of hydrogen-bond acceptors (Lipinski definition) is 2. The second-order valence-electron chi connectivity index (χ2n) is 2.67. The summed E-state index contributed by atoms with van der Waals surface area (Å²) in [4.78, 5) is 11.3. The Labute approximate surface area is 88.1 Å². The van der Waals surface area contributed by atoms with Crippen LogP contribution in [0.15, 0.2) is 36.4 Å². The van der Waals surface area contributed by atoms with E-state index in [-0.39, 0.29) is 5.97 Å². The quantitative estimate of drug-likeness (QED) is 0.566. The van der Waals surface area contributed by atoms with E-state index in [2.05, 4.69) is 0 Å². The summed E-state index contributed by atoms with van der Waals surface area (Å²) in [6.45, 7) is 2.17. The number of allylic oxidation sites excluding steroid dienone is 1. The molecule has 0 bridgehead atoms. The Morgan fingerprint density at radius 1 is 1.43 bits per heavy atom. The zero-order valence-electron chi connectivity index (χ0n) is 7.87. The third kappa shape index (κ3) is 3.23. The molecular weight excluding hydrogens is 200 g/mol. The Hall–Kier alpha value is -1.28. The SMILES string of the molecule is CC=CCOC(=O)c1ccc(Cl)cc1. The van der Waals surface area contributed by atoms with Gasteiger partial charge in [-0.15, -0.1) is 0 Å². The van der Waals surface area contributed by atoms with Gasteiger partial charge in [0.15, 0.2) is 0 Å². The number of carbonyl (C=O) groups excluding carboxylic acids is 1. The van der Waals surface area contributed by atoms with Gasteiger partial charge < -0.3 is 4.74 Å². The van der Waals surface area contributed by atoms with Crippen LogP contribution >= 0.6 is 11.6 Å². The van der Waals surface area contributed by atoms with E-state index in [1.807, 2.05) is 13.0 Å². The lowest BCUT2D eigenvalue weighted by molar-refractivity contribution is 0.0549. The fourth-order valence-electron chi connectivity index (χ4n) is 0.889. The third-order valence-corrected chi connectivity index (χ3v) is 1.88. The molecule has 1 aromatic rings. The molecule has 3 heteroatoms. The van der Waals surface area contributed by atoms with Crippen LogP contribution in [0.25, 0.3) is 0 Å². The molecule has 0 unspecified atom stereocenters. The maximum absolute atomic E-state index is 11.3. The molecule has 0 aliphatic carbocycles. The van der Waals surface area contributed by atoms with Crippen molar-refractivity contribution in [1.82, 2.24) is 0 Å². The summed E-state index contributed by atoms with van der Waals surface area (Å²) in [6.07, 6.45) is 3.60. The lowest BCUT2D eigenvalue weighted by Crippen LogP contribution is -2.04. The number of benzene rings is 1. The molecule has 0 saturated carbocycles. The predicted octanol–water partition coefficient (Wildman–Crippen LogP) is 3.07. The van der Waals surface area contributed by atoms with Crippen LogP contribution in [0.4, 0.5) is 0 Å². The summed E-state index contributed by atoms with van der Waals surface area (Å²) < 4.78 is 4.94. The van der Waals surface area contributed by atoms with Crippen LogP contribution in [0.1, 0.15) is 17.3 Å². The zero-order chi connectivity index (χ0) is 10.4. The monoisotopic (exact) mass is 210 g/mol. The van der Waals surface area contributed by atoms with Gasteiger partial charge in [0.25, 0.3) is 0 Å². The molecule has 0 aromatic heterocycles. The fraction of sp³-hybridized carbons (Fsp3) is 0.182. The second kappa shape index (κ2) is 5.45. The average molecular weight is 211 g/mol. The van der Waals surface area contributed by atoms with Crippen LogP contribution in [-0.2, 0) is 4.74 Å². The molecule has 0 atom stereocenters. The molecule has 0 spiro atoms. The van der Waals surface area contributed by atoms with E-state index in [1.54, 1.807) is 30.3 Å². The predicted molar refractivity (Wildman–Crippen MR) is 56.5 cm³/mol. The van der Waals surface area contributed by atoms with Crippen LogP contribution in [0.2, 0.25) is 5.02 Å². The first-order chi connectivity index (χ1) is 6.74. The molecule has 1 rings (SSSR count). The first-order valence-electron chi connectivity index (χ1n) is 4.28. The number of hydrogen-bond donors (Lipinski definition) is 0. The first kappa shape index (κ1) is 10.8. The van der Waals surface area contributed by atoms with Gasteiger partial charge in [0.05, 0.1) is 5.56 Å². The molecule has 2 nitrogen and oxygen atoms in total. The molecule has 0 aliphatic rings. The Morgan fingerprint density at radius 2 is 2.07 bits per heavy atom. The van der Waals surface area contributed by atoms with Gasteiger partial charge >= 0.3 is 5.97 Å². The van der Waals surface area contributed by atoms with Crippen molar-refractivity contribution in [3.8, 4) is 0 Å². The minimum Gasteiger partial charge on any atom is -0.458 e. The van der Waals surface area contributed by atoms with Crippen molar-refractivity contribution in [2.24, 2.45) is 0 Å². The van der Waals surface area contributed by atoms with E-state index in [1.165, 1.54) is 0 Å². The van der Waals surface area contributed by atoms with Gasteiger partial charge in [-0.1, -0.05) is 23.8 Å². The molecular formula is C11H11ClO2. The minimum atomic E-state index is -0.334. The van der Waals surface area contributed by atoms with Crippen LogP contribution in [-0.4, -0.2) is 12.6 Å². The zero-order valence-corrected chi connectivity index (χ0v) is 8.62. The molecule has 0 heterocycles. The summed E-state index contributed by atoms with van der Waals surface area (Å²) >= 11 is 5.68. The summed E-state index contributed by atoms with van der Waals surface area (Å²) in [5.41, 5.74) is 0.513. The second-order valence-corrected chi connectivity index (χ2v) is 3.11. The van der Waals surface area contributed by atoms with Crippen molar-refractivity contribution in [1.29, 1.82) is 0 Å². The minimum absolute atomic E-state index is 0.304. The molecule has 14 heavy (non-hydrogen) atoms. The largest absolute Gasteiger partial charge is 0.458 e. The van der Waals surface area contributed by atoms with Gasteiger partial charge in [0, 0.05) is 5.02 Å². The van der Waals surface area contributed by atoms with E-state index < -0.39 is 0 Å². The Kier molecular flexibility index (Phi) is 4.20. The van der Waals surface area contributed by atoms with Gasteiger partial charge in [0.2, 0.25) is 0 Å². The molecule has 0 amide bonds. The van der Waals surface area contributed by atoms with Crippen LogP contribution < -0.4 is 0 Å². The number of esters is 1. The topological polar surface area (TPSA) is 26.3 Å². The summed E-state index contributed by atoms with van der Waals surface area (Å²) in [6, 6.07) is 6.60. The lowest BCUT2D eigenvalue weighted by Gasteiger charge is -2.01. The van der Waals surface area contributed by atoms with Crippen molar-refractivity contribution in [2.45, 2.75) is 6.92 Å². The normalized spacial score (nSPS) is 10.4. The molecule has 0 saturated heterocycles. The van der Waals surface area contributed by atoms with E-state index in [4.69, 9.17) is 16.3 Å². The van der Waals surface area contributed by atoms with Crippen molar-refractivity contribution in [3.05, 3.63) is 47.0 Å². The number of ether oxygens (including phenoxy) is 1. The van der Waals surface area contributed by atoms with E-state index in [9.17, 15) is 4.79 Å². The van der Waals surface area contributed by atoms with E-state index in [0.29, 0.717) is 17.2 Å². The Morgan fingerprint density at radius 3 is 2.64 bits per heavy atom. The van der Waals surface area contributed by atoms with Crippen molar-refractivity contribution < 1.29 is 9.53 Å². The molecule has 74 valence electrons. The smallest absolute Gasteiger partial charge is 0.338 e. The van der Waals surface area contributed by atoms with Crippen LogP contribution in [0.3, 0.4) is 0 Å². The highest BCUT2D eigenvalue weighted by atomic mass is 35.5. The average Bonchev–Trinajstić information content (AvgIpc) is 2.19. The van der Waals surface area contributed by atoms with E-state index >= 15 is 0 Å². The van der Waals surface area contributed by atoms with Crippen molar-refractivity contribution in [3.63, 3.8) is 0 Å². The molecule has 1 aromatic carbocycles. The highest BCUT2D eigenvalue weighted by Crippen LogP contribution is 2.10. The van der Waals surface area contributed by atoms with Gasteiger partial charge in [-0.3, -0.25) is 0 Å². The van der Waals surface area contributed by atoms with Crippen molar-refractivity contribution >= 4 is 17.6 Å². The molecule has 0 fully saturated rings. The van der Waals surface area contributed by atoms with Gasteiger partial charge in [-0.25, -0.2) is 4.79 Å². The number of halogens is 1. The molecule has 0 radical (unpaired) electrons. The van der Waals surface area contributed by atoms with E-state index in [0.717, 1.165) is 0 Å². The standard InChI is InChI=1S/C11H11ClO2/c1-2-3-8-14-11(13)9-4-6-10(12)7-5-9/h2-7H,8H2,1H3. The number of carbonyl (C=O) groups is 1. The maximum atomic E-state index is 11.3. The Bertz CT molecular complexity index is 328. The summed E-state index contributed by atoms with van der Waals surface area (Å²) in [5, 5.41) is 0.606. The molecule has 0 aliphatic heterocycles. The lowest BCUT2D eigenvalue weighted by atomic mass is 10.2. The highest BCUT2D eigenvalue weighted by Gasteiger charge is 2.04. The summed E-state index contributed by atoms with van der Waals surface area (Å²) in [7, 11) is 0. The highest BCUT2D eigenvalue weighted by molar-refractivity contribution is 6.30.